The van der Waals surface area contributed by atoms with Gasteiger partial charge in [-0.25, -0.2) is 4.39 Å². The van der Waals surface area contributed by atoms with Crippen molar-refractivity contribution in [1.29, 1.82) is 5.41 Å². The zero-order chi connectivity index (χ0) is 26.6. The molecule has 0 unspecified atom stereocenters. The van der Waals surface area contributed by atoms with Gasteiger partial charge in [-0.05, 0) is 53.8 Å². The zero-order valence-electron chi connectivity index (χ0n) is 20.5. The molecule has 0 saturated heterocycles. The van der Waals surface area contributed by atoms with E-state index >= 15 is 0 Å². The predicted molar refractivity (Wildman–Crippen MR) is 144 cm³/mol. The molecule has 2 amide bonds. The first-order chi connectivity index (χ1) is 17.9. The molecule has 0 bridgehead atoms. The average Bonchev–Trinajstić information content (AvgIpc) is 2.93. The Bertz CT molecular complexity index is 1220. The lowest BCUT2D eigenvalue weighted by Crippen LogP contribution is -2.47. The van der Waals surface area contributed by atoms with Gasteiger partial charge in [0, 0.05) is 18.1 Å². The first-order valence-corrected chi connectivity index (χ1v) is 12.2. The third kappa shape index (κ3) is 8.32. The van der Waals surface area contributed by atoms with Gasteiger partial charge in [0.15, 0.2) is 0 Å². The molecule has 0 aromatic heterocycles. The number of methoxy groups -OCH3 is 1. The van der Waals surface area contributed by atoms with Crippen LogP contribution in [0, 0.1) is 5.41 Å². The van der Waals surface area contributed by atoms with Crippen molar-refractivity contribution in [3.63, 3.8) is 0 Å². The molecule has 7 nitrogen and oxygen atoms in total. The van der Waals surface area contributed by atoms with Gasteiger partial charge in [-0.15, -0.1) is 0 Å². The number of carbonyl (C=O) groups is 2. The first kappa shape index (κ1) is 27.7. The van der Waals surface area contributed by atoms with Gasteiger partial charge >= 0.3 is 0 Å². The lowest BCUT2D eigenvalue weighted by molar-refractivity contribution is -0.123. The summed E-state index contributed by atoms with van der Waals surface area (Å²) < 4.78 is 18.0. The summed E-state index contributed by atoms with van der Waals surface area (Å²) in [5.41, 5.74) is 2.90. The van der Waals surface area contributed by atoms with Gasteiger partial charge in [0.2, 0.25) is 5.91 Å². The number of nitrogens with one attached hydrogen (secondary N) is 4. The highest BCUT2D eigenvalue weighted by Crippen LogP contribution is 2.27. The van der Waals surface area contributed by atoms with Gasteiger partial charge in [-0.2, -0.15) is 0 Å². The van der Waals surface area contributed by atoms with E-state index in [1.165, 1.54) is 7.11 Å². The molecule has 0 spiro atoms. The Hall–Kier alpha value is -3.91. The molecule has 0 fully saturated rings. The van der Waals surface area contributed by atoms with Crippen molar-refractivity contribution in [3.8, 4) is 16.9 Å². The quantitative estimate of drug-likeness (QED) is 0.156. The fourth-order valence-corrected chi connectivity index (χ4v) is 3.97. The molecule has 3 aromatic rings. The Labute approximate surface area is 220 Å². The number of amidine groups is 1. The molecular weight excluding hydrogens is 495 g/mol. The maximum Gasteiger partial charge on any atom is 0.255 e. The number of alkyl halides is 1. The van der Waals surface area contributed by atoms with Crippen molar-refractivity contribution < 1.29 is 18.7 Å². The molecule has 0 radical (unpaired) electrons. The topological polar surface area (TPSA) is 103 Å². The van der Waals surface area contributed by atoms with E-state index < -0.39 is 18.6 Å². The summed E-state index contributed by atoms with van der Waals surface area (Å²) in [7, 11) is 1.48. The second kappa shape index (κ2) is 14.0. The van der Waals surface area contributed by atoms with Crippen molar-refractivity contribution in [3.05, 3.63) is 88.9 Å². The van der Waals surface area contributed by atoms with Gasteiger partial charge in [-0.3, -0.25) is 15.0 Å². The van der Waals surface area contributed by atoms with E-state index in [1.54, 1.807) is 30.3 Å². The smallest absolute Gasteiger partial charge is 0.255 e. The van der Waals surface area contributed by atoms with Crippen molar-refractivity contribution in [2.75, 3.05) is 20.3 Å². The van der Waals surface area contributed by atoms with E-state index in [0.29, 0.717) is 29.3 Å². The number of hydrogen-bond acceptors (Lipinski definition) is 4. The summed E-state index contributed by atoms with van der Waals surface area (Å²) in [4.78, 5) is 26.4. The molecule has 4 N–H and O–H groups in total. The van der Waals surface area contributed by atoms with E-state index in [1.807, 2.05) is 42.5 Å². The van der Waals surface area contributed by atoms with Crippen LogP contribution in [-0.2, 0) is 11.3 Å². The number of hydrogen-bond donors (Lipinski definition) is 4. The highest BCUT2D eigenvalue weighted by atomic mass is 35.5. The first-order valence-electron chi connectivity index (χ1n) is 11.8. The summed E-state index contributed by atoms with van der Waals surface area (Å²) >= 11 is 6.03. The summed E-state index contributed by atoms with van der Waals surface area (Å²) in [6, 6.07) is 21.2. The number of rotatable bonds is 12. The molecule has 1 atom stereocenters. The summed E-state index contributed by atoms with van der Waals surface area (Å²) in [5.74, 6) is -0.671. The maximum atomic E-state index is 13.3. The second-order valence-corrected chi connectivity index (χ2v) is 8.77. The van der Waals surface area contributed by atoms with Crippen molar-refractivity contribution in [1.82, 2.24) is 16.0 Å². The SMILES string of the molecule is COc1ccc(-c2ccccc2)cc1C(=O)N[C@@H](CCCNC(=N)CF)C(=O)NCc1cccc(Cl)c1. The molecule has 0 aliphatic carbocycles. The summed E-state index contributed by atoms with van der Waals surface area (Å²) in [6.07, 6.45) is 0.708. The Morgan fingerprint density at radius 3 is 2.49 bits per heavy atom. The fourth-order valence-electron chi connectivity index (χ4n) is 3.75. The van der Waals surface area contributed by atoms with Crippen molar-refractivity contribution >= 4 is 29.3 Å². The van der Waals surface area contributed by atoms with E-state index in [9.17, 15) is 14.0 Å². The number of ether oxygens (including phenoxy) is 1. The average molecular weight is 525 g/mol. The summed E-state index contributed by atoms with van der Waals surface area (Å²) in [6.45, 7) is -0.356. The standard InChI is InChI=1S/C28H30ClFN4O3/c1-37-25-13-12-21(20-8-3-2-4-9-20)16-23(25)27(35)34-24(11-6-14-32-26(31)17-30)28(36)33-18-19-7-5-10-22(29)15-19/h2-5,7-10,12-13,15-16,24H,6,11,14,17-18H2,1H3,(H2,31,32)(H,33,36)(H,34,35)/t24-/m0/s1. The lowest BCUT2D eigenvalue weighted by Gasteiger charge is -2.20. The Balaban J connectivity index is 1.76. The lowest BCUT2D eigenvalue weighted by atomic mass is 10.0. The minimum atomic E-state index is -0.891. The van der Waals surface area contributed by atoms with Gasteiger partial charge in [0.05, 0.1) is 12.7 Å². The van der Waals surface area contributed by atoms with Crippen LogP contribution >= 0.6 is 11.6 Å². The highest BCUT2D eigenvalue weighted by molar-refractivity contribution is 6.30. The normalized spacial score (nSPS) is 11.3. The number of benzene rings is 3. The van der Waals surface area contributed by atoms with Crippen LogP contribution in [0.1, 0.15) is 28.8 Å². The van der Waals surface area contributed by atoms with Crippen LogP contribution in [0.15, 0.2) is 72.8 Å². The molecule has 0 saturated carbocycles. The van der Waals surface area contributed by atoms with E-state index in [2.05, 4.69) is 16.0 Å². The molecule has 0 aliphatic heterocycles. The highest BCUT2D eigenvalue weighted by Gasteiger charge is 2.23. The number of amides is 2. The van der Waals surface area contributed by atoms with Gasteiger partial charge in [-0.1, -0.05) is 60.1 Å². The Morgan fingerprint density at radius 2 is 1.78 bits per heavy atom. The molecule has 9 heteroatoms. The van der Waals surface area contributed by atoms with Crippen LogP contribution in [0.4, 0.5) is 4.39 Å². The van der Waals surface area contributed by atoms with Crippen LogP contribution in [0.2, 0.25) is 5.02 Å². The van der Waals surface area contributed by atoms with Crippen LogP contribution in [0.25, 0.3) is 11.1 Å². The molecule has 0 aliphatic rings. The van der Waals surface area contributed by atoms with Gasteiger partial charge in [0.1, 0.15) is 24.3 Å². The molecule has 3 rings (SSSR count). The predicted octanol–water partition coefficient (Wildman–Crippen LogP) is 4.75. The molecular formula is C28H30ClFN4O3. The van der Waals surface area contributed by atoms with Crippen molar-refractivity contribution in [2.24, 2.45) is 0 Å². The number of halogens is 2. The van der Waals surface area contributed by atoms with Gasteiger partial charge in [0.25, 0.3) is 5.91 Å². The fraction of sp³-hybridized carbons (Fsp3) is 0.250. The van der Waals surface area contributed by atoms with E-state index in [4.69, 9.17) is 21.7 Å². The second-order valence-electron chi connectivity index (χ2n) is 8.34. The largest absolute Gasteiger partial charge is 0.496 e. The van der Waals surface area contributed by atoms with Crippen LogP contribution in [0.5, 0.6) is 5.75 Å². The Kier molecular flexibility index (Phi) is 10.5. The molecule has 194 valence electrons. The van der Waals surface area contributed by atoms with Crippen LogP contribution in [-0.4, -0.2) is 44.0 Å². The Morgan fingerprint density at radius 1 is 1.00 bits per heavy atom. The maximum absolute atomic E-state index is 13.3. The van der Waals surface area contributed by atoms with E-state index in [-0.39, 0.29) is 24.7 Å². The third-order valence-corrected chi connectivity index (χ3v) is 5.91. The van der Waals surface area contributed by atoms with Crippen molar-refractivity contribution in [2.45, 2.75) is 25.4 Å². The third-order valence-electron chi connectivity index (χ3n) is 5.67. The van der Waals surface area contributed by atoms with E-state index in [0.717, 1.165) is 16.7 Å². The molecule has 3 aromatic carbocycles. The minimum Gasteiger partial charge on any atom is -0.496 e. The zero-order valence-corrected chi connectivity index (χ0v) is 21.3. The molecule has 0 heterocycles. The van der Waals surface area contributed by atoms with Gasteiger partial charge < -0.3 is 20.7 Å². The molecule has 37 heavy (non-hydrogen) atoms. The monoisotopic (exact) mass is 524 g/mol. The van der Waals surface area contributed by atoms with Crippen LogP contribution in [0.3, 0.4) is 0 Å². The summed E-state index contributed by atoms with van der Waals surface area (Å²) in [5, 5.41) is 16.3. The van der Waals surface area contributed by atoms with Crippen LogP contribution < -0.4 is 20.7 Å². The number of carbonyl (C=O) groups excluding carboxylic acids is 2. The minimum absolute atomic E-state index is 0.228.